The molecule has 2 unspecified atom stereocenters. The van der Waals surface area contributed by atoms with Crippen LogP contribution in [0.3, 0.4) is 0 Å². The van der Waals surface area contributed by atoms with Crippen LogP contribution in [0.15, 0.2) is 24.3 Å². The van der Waals surface area contributed by atoms with Crippen molar-refractivity contribution in [1.82, 2.24) is 4.90 Å². The second kappa shape index (κ2) is 5.64. The maximum atomic E-state index is 6.17. The van der Waals surface area contributed by atoms with E-state index in [0.717, 1.165) is 6.54 Å². The molecule has 1 aliphatic carbocycles. The lowest BCUT2D eigenvalue weighted by molar-refractivity contribution is 0.190. The van der Waals surface area contributed by atoms with Gasteiger partial charge in [-0.3, -0.25) is 0 Å². The molecule has 19 heavy (non-hydrogen) atoms. The van der Waals surface area contributed by atoms with Gasteiger partial charge in [-0.25, -0.2) is 0 Å². The Balaban J connectivity index is 2.10. The van der Waals surface area contributed by atoms with Gasteiger partial charge < -0.3 is 10.6 Å². The first kappa shape index (κ1) is 14.5. The van der Waals surface area contributed by atoms with Crippen LogP contribution in [0.5, 0.6) is 0 Å². The predicted octanol–water partition coefficient (Wildman–Crippen LogP) is 3.30. The molecule has 0 saturated heterocycles. The molecule has 106 valence electrons. The lowest BCUT2D eigenvalue weighted by Gasteiger charge is -2.34. The molecule has 1 fully saturated rings. The Morgan fingerprint density at radius 3 is 2.42 bits per heavy atom. The minimum Gasteiger partial charge on any atom is -0.324 e. The number of likely N-dealkylation sites (N-methyl/N-ethyl adjacent to an activating group) is 1. The molecule has 1 saturated carbocycles. The standard InChI is InChI=1S/C17H28N2/c1-13-8-10-14(11-9-13)15-6-5-7-16(15)19(4)12-17(2,3)18/h8-11,15-16H,5-7,12,18H2,1-4H3. The van der Waals surface area contributed by atoms with Crippen molar-refractivity contribution in [3.63, 3.8) is 0 Å². The molecule has 0 spiro atoms. The van der Waals surface area contributed by atoms with E-state index in [9.17, 15) is 0 Å². The highest BCUT2D eigenvalue weighted by Crippen LogP contribution is 2.37. The molecule has 1 aromatic rings. The Labute approximate surface area is 118 Å². The van der Waals surface area contributed by atoms with Crippen LogP contribution in [0.1, 0.15) is 50.2 Å². The van der Waals surface area contributed by atoms with E-state index >= 15 is 0 Å². The number of rotatable bonds is 4. The van der Waals surface area contributed by atoms with Crippen LogP contribution in [0, 0.1) is 6.92 Å². The van der Waals surface area contributed by atoms with Crippen molar-refractivity contribution in [3.8, 4) is 0 Å². The zero-order valence-corrected chi connectivity index (χ0v) is 12.8. The average molecular weight is 260 g/mol. The molecule has 2 heteroatoms. The van der Waals surface area contributed by atoms with E-state index in [4.69, 9.17) is 5.73 Å². The molecule has 2 rings (SSSR count). The molecule has 0 aliphatic heterocycles. The van der Waals surface area contributed by atoms with Crippen LogP contribution in [0.4, 0.5) is 0 Å². The summed E-state index contributed by atoms with van der Waals surface area (Å²) in [5.74, 6) is 0.674. The van der Waals surface area contributed by atoms with E-state index in [-0.39, 0.29) is 5.54 Å². The van der Waals surface area contributed by atoms with Crippen LogP contribution < -0.4 is 5.73 Å². The van der Waals surface area contributed by atoms with E-state index < -0.39 is 0 Å². The number of nitrogens with two attached hydrogens (primary N) is 1. The van der Waals surface area contributed by atoms with Crippen LogP contribution in [-0.2, 0) is 0 Å². The number of hydrogen-bond donors (Lipinski definition) is 1. The molecular formula is C17H28N2. The first-order valence-corrected chi connectivity index (χ1v) is 7.42. The number of aryl methyl sites for hydroxylation is 1. The van der Waals surface area contributed by atoms with Gasteiger partial charge in [0.05, 0.1) is 0 Å². The van der Waals surface area contributed by atoms with Crippen molar-refractivity contribution in [3.05, 3.63) is 35.4 Å². The summed E-state index contributed by atoms with van der Waals surface area (Å²) in [4.78, 5) is 2.47. The largest absolute Gasteiger partial charge is 0.324 e. The van der Waals surface area contributed by atoms with E-state index in [0.29, 0.717) is 12.0 Å². The fraction of sp³-hybridized carbons (Fsp3) is 0.647. The van der Waals surface area contributed by atoms with Crippen LogP contribution in [-0.4, -0.2) is 30.1 Å². The number of hydrogen-bond acceptors (Lipinski definition) is 2. The van der Waals surface area contributed by atoms with Crippen molar-refractivity contribution in [2.45, 2.75) is 57.5 Å². The third kappa shape index (κ3) is 3.80. The highest BCUT2D eigenvalue weighted by atomic mass is 15.2. The van der Waals surface area contributed by atoms with Gasteiger partial charge in [0, 0.05) is 18.1 Å². The summed E-state index contributed by atoms with van der Waals surface area (Å²) in [5.41, 5.74) is 8.89. The van der Waals surface area contributed by atoms with Gasteiger partial charge in [-0.05, 0) is 52.1 Å². The Hall–Kier alpha value is -0.860. The van der Waals surface area contributed by atoms with Crippen molar-refractivity contribution < 1.29 is 0 Å². The van der Waals surface area contributed by atoms with E-state index in [1.54, 1.807) is 0 Å². The third-order valence-electron chi connectivity index (χ3n) is 4.21. The smallest absolute Gasteiger partial charge is 0.0226 e. The Morgan fingerprint density at radius 2 is 1.84 bits per heavy atom. The highest BCUT2D eigenvalue weighted by Gasteiger charge is 2.32. The van der Waals surface area contributed by atoms with Crippen molar-refractivity contribution in [1.29, 1.82) is 0 Å². The molecule has 2 nitrogen and oxygen atoms in total. The highest BCUT2D eigenvalue weighted by molar-refractivity contribution is 5.26. The van der Waals surface area contributed by atoms with Gasteiger partial charge in [0.1, 0.15) is 0 Å². The first-order chi connectivity index (χ1) is 8.87. The zero-order chi connectivity index (χ0) is 14.0. The average Bonchev–Trinajstić information content (AvgIpc) is 2.76. The van der Waals surface area contributed by atoms with Gasteiger partial charge in [-0.2, -0.15) is 0 Å². The van der Waals surface area contributed by atoms with Crippen LogP contribution in [0.25, 0.3) is 0 Å². The third-order valence-corrected chi connectivity index (χ3v) is 4.21. The number of nitrogens with zero attached hydrogens (tertiary/aromatic N) is 1. The molecular weight excluding hydrogens is 232 g/mol. The summed E-state index contributed by atoms with van der Waals surface area (Å²) in [6.45, 7) is 7.33. The summed E-state index contributed by atoms with van der Waals surface area (Å²) >= 11 is 0. The summed E-state index contributed by atoms with van der Waals surface area (Å²) in [6.07, 6.45) is 3.94. The lowest BCUT2D eigenvalue weighted by atomic mass is 9.92. The molecule has 0 bridgehead atoms. The fourth-order valence-corrected chi connectivity index (χ4v) is 3.43. The SMILES string of the molecule is Cc1ccc(C2CCCC2N(C)CC(C)(C)N)cc1. The van der Waals surface area contributed by atoms with Gasteiger partial charge in [0.15, 0.2) is 0 Å². The van der Waals surface area contributed by atoms with Crippen molar-refractivity contribution in [2.75, 3.05) is 13.6 Å². The molecule has 0 aromatic heterocycles. The Morgan fingerprint density at radius 1 is 1.21 bits per heavy atom. The van der Waals surface area contributed by atoms with E-state index in [1.165, 1.54) is 30.4 Å². The normalized spacial score (nSPS) is 24.1. The minimum absolute atomic E-state index is 0.116. The quantitative estimate of drug-likeness (QED) is 0.900. The summed E-state index contributed by atoms with van der Waals surface area (Å²) < 4.78 is 0. The molecule has 0 radical (unpaired) electrons. The predicted molar refractivity (Wildman–Crippen MR) is 82.5 cm³/mol. The lowest BCUT2D eigenvalue weighted by Crippen LogP contribution is -2.48. The molecule has 1 aromatic carbocycles. The Bertz CT molecular complexity index is 402. The van der Waals surface area contributed by atoms with Gasteiger partial charge in [0.25, 0.3) is 0 Å². The summed E-state index contributed by atoms with van der Waals surface area (Å²) in [5, 5.41) is 0. The van der Waals surface area contributed by atoms with Gasteiger partial charge >= 0.3 is 0 Å². The molecule has 1 aliphatic rings. The van der Waals surface area contributed by atoms with Gasteiger partial charge in [0.2, 0.25) is 0 Å². The summed E-state index contributed by atoms with van der Waals surface area (Å²) in [6, 6.07) is 9.72. The molecule has 0 heterocycles. The van der Waals surface area contributed by atoms with Crippen LogP contribution >= 0.6 is 0 Å². The van der Waals surface area contributed by atoms with Gasteiger partial charge in [-0.1, -0.05) is 36.2 Å². The van der Waals surface area contributed by atoms with E-state index in [1.807, 2.05) is 0 Å². The first-order valence-electron chi connectivity index (χ1n) is 7.42. The summed E-state index contributed by atoms with van der Waals surface area (Å²) in [7, 11) is 2.23. The maximum absolute atomic E-state index is 6.17. The number of benzene rings is 1. The van der Waals surface area contributed by atoms with Gasteiger partial charge in [-0.15, -0.1) is 0 Å². The van der Waals surface area contributed by atoms with E-state index in [2.05, 4.69) is 57.0 Å². The second-order valence-corrected chi connectivity index (χ2v) is 6.92. The second-order valence-electron chi connectivity index (χ2n) is 6.92. The molecule has 2 atom stereocenters. The van der Waals surface area contributed by atoms with Crippen molar-refractivity contribution >= 4 is 0 Å². The zero-order valence-electron chi connectivity index (χ0n) is 12.8. The monoisotopic (exact) mass is 260 g/mol. The molecule has 2 N–H and O–H groups in total. The maximum Gasteiger partial charge on any atom is 0.0226 e. The fourth-order valence-electron chi connectivity index (χ4n) is 3.43. The van der Waals surface area contributed by atoms with Crippen molar-refractivity contribution in [2.24, 2.45) is 5.73 Å². The minimum atomic E-state index is -0.116. The molecule has 0 amide bonds. The van der Waals surface area contributed by atoms with Crippen LogP contribution in [0.2, 0.25) is 0 Å². The topological polar surface area (TPSA) is 29.3 Å². The Kier molecular flexibility index (Phi) is 4.32.